The van der Waals surface area contributed by atoms with Gasteiger partial charge >= 0.3 is 0 Å². The molecular formula is C28H33N5O4. The highest BCUT2D eigenvalue weighted by Crippen LogP contribution is 2.26. The monoisotopic (exact) mass is 503 g/mol. The molecule has 0 spiro atoms. The number of nitrogens with one attached hydrogen (secondary N) is 1. The number of aryl methyl sites for hydroxylation is 1. The van der Waals surface area contributed by atoms with Crippen molar-refractivity contribution in [2.75, 3.05) is 13.1 Å². The molecule has 2 saturated heterocycles. The van der Waals surface area contributed by atoms with Crippen molar-refractivity contribution in [3.63, 3.8) is 0 Å². The van der Waals surface area contributed by atoms with Crippen molar-refractivity contribution < 1.29 is 14.3 Å². The standard InChI is InChI=1S/C28H33N5O4/c1-17-11-18(2)14-32(13-17)15-20-7-8-21(29-12-20)16-37-24-6-4-5-22-26(24)28(36)33(19(3)30-22)23-9-10-25(34)31-27(23)35/h4-8,12,17-18,23H,9-11,13-16H2,1-3H3,(H,31,34,35). The van der Waals surface area contributed by atoms with Crippen molar-refractivity contribution in [1.82, 2.24) is 24.8 Å². The van der Waals surface area contributed by atoms with Crippen LogP contribution in [0.25, 0.3) is 10.9 Å². The predicted octanol–water partition coefficient (Wildman–Crippen LogP) is 3.13. The van der Waals surface area contributed by atoms with Gasteiger partial charge in [-0.1, -0.05) is 26.0 Å². The van der Waals surface area contributed by atoms with E-state index >= 15 is 0 Å². The first-order chi connectivity index (χ1) is 17.8. The van der Waals surface area contributed by atoms with Crippen molar-refractivity contribution in [2.45, 2.75) is 59.2 Å². The molecule has 2 amide bonds. The van der Waals surface area contributed by atoms with E-state index in [4.69, 9.17) is 4.74 Å². The van der Waals surface area contributed by atoms with E-state index in [0.29, 0.717) is 34.3 Å². The molecule has 2 fully saturated rings. The zero-order valence-electron chi connectivity index (χ0n) is 21.6. The molecule has 2 aromatic heterocycles. The van der Waals surface area contributed by atoms with E-state index in [9.17, 15) is 14.4 Å². The van der Waals surface area contributed by atoms with Crippen LogP contribution in [0.3, 0.4) is 0 Å². The third-order valence-corrected chi connectivity index (χ3v) is 7.20. The summed E-state index contributed by atoms with van der Waals surface area (Å²) < 4.78 is 7.42. The van der Waals surface area contributed by atoms with Crippen LogP contribution in [-0.4, -0.2) is 44.3 Å². The van der Waals surface area contributed by atoms with E-state index in [1.54, 1.807) is 25.1 Å². The van der Waals surface area contributed by atoms with Crippen LogP contribution in [0.5, 0.6) is 5.75 Å². The number of piperidine rings is 2. The SMILES string of the molecule is Cc1nc2cccc(OCc3ccc(CN4CC(C)CC(C)C4)cn3)c2c(=O)n1C1CCC(=O)NC1=O. The number of ether oxygens (including phenoxy) is 1. The fourth-order valence-electron chi connectivity index (χ4n) is 5.70. The molecule has 2 aliphatic heterocycles. The van der Waals surface area contributed by atoms with Gasteiger partial charge in [-0.3, -0.25) is 34.2 Å². The number of fused-ring (bicyclic) bond motifs is 1. The maximum atomic E-state index is 13.5. The molecule has 0 saturated carbocycles. The average Bonchev–Trinajstić information content (AvgIpc) is 2.84. The number of imide groups is 1. The molecule has 3 unspecified atom stereocenters. The summed E-state index contributed by atoms with van der Waals surface area (Å²) in [5.74, 6) is 1.41. The molecule has 0 radical (unpaired) electrons. The number of amides is 2. The smallest absolute Gasteiger partial charge is 0.265 e. The fourth-order valence-corrected chi connectivity index (χ4v) is 5.70. The summed E-state index contributed by atoms with van der Waals surface area (Å²) in [6, 6.07) is 8.52. The minimum Gasteiger partial charge on any atom is -0.486 e. The number of hydrogen-bond acceptors (Lipinski definition) is 7. The number of likely N-dealkylation sites (tertiary alicyclic amines) is 1. The molecule has 3 atom stereocenters. The van der Waals surface area contributed by atoms with Gasteiger partial charge in [0.1, 0.15) is 29.6 Å². The van der Waals surface area contributed by atoms with Crippen LogP contribution in [0.1, 0.15) is 56.2 Å². The minimum absolute atomic E-state index is 0.177. The van der Waals surface area contributed by atoms with Gasteiger partial charge in [-0.15, -0.1) is 0 Å². The molecule has 194 valence electrons. The van der Waals surface area contributed by atoms with E-state index < -0.39 is 11.9 Å². The Kier molecular flexibility index (Phi) is 7.06. The number of hydrogen-bond donors (Lipinski definition) is 1. The van der Waals surface area contributed by atoms with E-state index in [1.165, 1.54) is 16.6 Å². The predicted molar refractivity (Wildman–Crippen MR) is 139 cm³/mol. The molecule has 3 aromatic rings. The lowest BCUT2D eigenvalue weighted by Gasteiger charge is -2.34. The highest BCUT2D eigenvalue weighted by atomic mass is 16.5. The van der Waals surface area contributed by atoms with Gasteiger partial charge in [0, 0.05) is 32.3 Å². The average molecular weight is 504 g/mol. The van der Waals surface area contributed by atoms with Gasteiger partial charge in [0.2, 0.25) is 11.8 Å². The number of pyridine rings is 1. The summed E-state index contributed by atoms with van der Waals surface area (Å²) in [5.41, 5.74) is 2.06. The normalized spacial score (nSPS) is 22.7. The second kappa shape index (κ2) is 10.4. The van der Waals surface area contributed by atoms with Crippen LogP contribution in [-0.2, 0) is 22.7 Å². The van der Waals surface area contributed by atoms with Crippen molar-refractivity contribution in [3.05, 3.63) is 64.0 Å². The van der Waals surface area contributed by atoms with Crippen LogP contribution in [0.15, 0.2) is 41.3 Å². The number of aromatic nitrogens is 3. The Balaban J connectivity index is 1.33. The number of nitrogens with zero attached hydrogens (tertiary/aromatic N) is 4. The van der Waals surface area contributed by atoms with Crippen LogP contribution >= 0.6 is 0 Å². The van der Waals surface area contributed by atoms with Gasteiger partial charge in [0.05, 0.1) is 11.2 Å². The molecule has 0 aliphatic carbocycles. The van der Waals surface area contributed by atoms with Crippen molar-refractivity contribution in [1.29, 1.82) is 0 Å². The molecule has 0 bridgehead atoms. The lowest BCUT2D eigenvalue weighted by molar-refractivity contribution is -0.135. The Morgan fingerprint density at radius 2 is 1.86 bits per heavy atom. The first-order valence-electron chi connectivity index (χ1n) is 12.9. The summed E-state index contributed by atoms with van der Waals surface area (Å²) in [7, 11) is 0. The van der Waals surface area contributed by atoms with Crippen LogP contribution in [0.2, 0.25) is 0 Å². The van der Waals surface area contributed by atoms with Crippen LogP contribution < -0.4 is 15.6 Å². The topological polar surface area (TPSA) is 106 Å². The van der Waals surface area contributed by atoms with Crippen molar-refractivity contribution in [3.8, 4) is 5.75 Å². The zero-order chi connectivity index (χ0) is 26.1. The Labute approximate surface area is 215 Å². The maximum absolute atomic E-state index is 13.5. The Bertz CT molecular complexity index is 1370. The molecule has 4 heterocycles. The highest BCUT2D eigenvalue weighted by Gasteiger charge is 2.31. The van der Waals surface area contributed by atoms with Gasteiger partial charge in [-0.25, -0.2) is 4.98 Å². The molecular weight excluding hydrogens is 470 g/mol. The lowest BCUT2D eigenvalue weighted by Crippen LogP contribution is -2.45. The van der Waals surface area contributed by atoms with Crippen LogP contribution in [0.4, 0.5) is 0 Å². The van der Waals surface area contributed by atoms with E-state index in [2.05, 4.69) is 40.1 Å². The molecule has 5 rings (SSSR count). The molecule has 9 nitrogen and oxygen atoms in total. The number of carbonyl (C=O) groups excluding carboxylic acids is 2. The third kappa shape index (κ3) is 5.41. The van der Waals surface area contributed by atoms with Gasteiger partial charge in [0.15, 0.2) is 0 Å². The second-order valence-electron chi connectivity index (χ2n) is 10.5. The third-order valence-electron chi connectivity index (χ3n) is 7.20. The quantitative estimate of drug-likeness (QED) is 0.515. The molecule has 1 aromatic carbocycles. The second-order valence-corrected chi connectivity index (χ2v) is 10.5. The summed E-state index contributed by atoms with van der Waals surface area (Å²) in [5, 5.41) is 2.63. The van der Waals surface area contributed by atoms with Gasteiger partial charge in [-0.05, 0) is 55.4 Å². The van der Waals surface area contributed by atoms with Crippen molar-refractivity contribution in [2.24, 2.45) is 11.8 Å². The zero-order valence-corrected chi connectivity index (χ0v) is 21.6. The number of carbonyl (C=O) groups is 2. The first kappa shape index (κ1) is 25.1. The number of rotatable bonds is 6. The van der Waals surface area contributed by atoms with Gasteiger partial charge < -0.3 is 4.74 Å². The first-order valence-corrected chi connectivity index (χ1v) is 12.9. The Hall–Kier alpha value is -3.59. The summed E-state index contributed by atoms with van der Waals surface area (Å²) in [6.07, 6.45) is 3.61. The van der Waals surface area contributed by atoms with Crippen LogP contribution in [0, 0.1) is 18.8 Å². The van der Waals surface area contributed by atoms with Crippen molar-refractivity contribution >= 4 is 22.7 Å². The fraction of sp³-hybridized carbons (Fsp3) is 0.464. The largest absolute Gasteiger partial charge is 0.486 e. The highest BCUT2D eigenvalue weighted by molar-refractivity contribution is 5.99. The van der Waals surface area contributed by atoms with Gasteiger partial charge in [-0.2, -0.15) is 0 Å². The molecule has 1 N–H and O–H groups in total. The van der Waals surface area contributed by atoms with E-state index in [1.807, 2.05) is 12.3 Å². The summed E-state index contributed by atoms with van der Waals surface area (Å²) >= 11 is 0. The van der Waals surface area contributed by atoms with Gasteiger partial charge in [0.25, 0.3) is 5.56 Å². The molecule has 37 heavy (non-hydrogen) atoms. The van der Waals surface area contributed by atoms with E-state index in [-0.39, 0.29) is 30.9 Å². The van der Waals surface area contributed by atoms with E-state index in [0.717, 1.165) is 25.3 Å². The summed E-state index contributed by atoms with van der Waals surface area (Å²) in [6.45, 7) is 9.62. The molecule has 9 heteroatoms. The minimum atomic E-state index is -0.782. The Morgan fingerprint density at radius 1 is 1.08 bits per heavy atom. The lowest BCUT2D eigenvalue weighted by atomic mass is 9.92. The number of benzene rings is 1. The Morgan fingerprint density at radius 3 is 2.57 bits per heavy atom. The maximum Gasteiger partial charge on any atom is 0.265 e. The summed E-state index contributed by atoms with van der Waals surface area (Å²) in [4.78, 5) is 49.2. The molecule has 2 aliphatic rings.